The smallest absolute Gasteiger partial charge is 0.479 e. The Hall–Kier alpha value is -2.50. The predicted octanol–water partition coefficient (Wildman–Crippen LogP) is 4.26. The lowest BCUT2D eigenvalue weighted by Gasteiger charge is -2.36. The summed E-state index contributed by atoms with van der Waals surface area (Å²) >= 11 is 5.91. The van der Waals surface area contributed by atoms with E-state index in [0.717, 1.165) is 12.8 Å². The Kier molecular flexibility index (Phi) is 8.45. The SMILES string of the molecule is CC(C)C1CC[C@@H](C)C[C@H]1OC(=O)O[C@H](C)OC(=O)[C@]1(N)C(OCc2cccc(Cl)n2)C[C@@H]2[C@H]1[C@@]2(F)C(=O)O. The van der Waals surface area contributed by atoms with Gasteiger partial charge in [0, 0.05) is 18.8 Å². The number of aliphatic carboxylic acids is 1. The van der Waals surface area contributed by atoms with Crippen LogP contribution in [-0.2, 0) is 35.1 Å². The Balaban J connectivity index is 1.41. The number of ether oxygens (including phenoxy) is 4. The van der Waals surface area contributed by atoms with Gasteiger partial charge in [0.05, 0.1) is 18.4 Å². The van der Waals surface area contributed by atoms with E-state index in [2.05, 4.69) is 25.8 Å². The summed E-state index contributed by atoms with van der Waals surface area (Å²) in [5.74, 6) is -4.35. The summed E-state index contributed by atoms with van der Waals surface area (Å²) in [5.41, 5.74) is 2.03. The topological polar surface area (TPSA) is 147 Å². The molecule has 39 heavy (non-hydrogen) atoms. The fourth-order valence-corrected chi connectivity index (χ4v) is 6.51. The van der Waals surface area contributed by atoms with Crippen molar-refractivity contribution in [2.45, 2.75) is 89.7 Å². The van der Waals surface area contributed by atoms with Crippen LogP contribution in [0.2, 0.25) is 5.15 Å². The molecule has 3 N–H and O–H groups in total. The zero-order valence-electron chi connectivity index (χ0n) is 22.5. The van der Waals surface area contributed by atoms with Gasteiger partial charge in [-0.25, -0.2) is 23.8 Å². The summed E-state index contributed by atoms with van der Waals surface area (Å²) in [7, 11) is 0. The van der Waals surface area contributed by atoms with E-state index >= 15 is 4.39 Å². The number of carbonyl (C=O) groups excluding carboxylic acids is 2. The molecule has 0 bridgehead atoms. The van der Waals surface area contributed by atoms with Gasteiger partial charge in [-0.3, -0.25) is 0 Å². The number of hydrogen-bond acceptors (Lipinski definition) is 9. The second kappa shape index (κ2) is 11.2. The minimum atomic E-state index is -2.69. The van der Waals surface area contributed by atoms with Crippen LogP contribution < -0.4 is 5.73 Å². The number of pyridine rings is 1. The van der Waals surface area contributed by atoms with Crippen LogP contribution in [0.1, 0.15) is 59.1 Å². The Morgan fingerprint density at radius 1 is 1.21 bits per heavy atom. The van der Waals surface area contributed by atoms with Crippen LogP contribution in [-0.4, -0.2) is 57.9 Å². The van der Waals surface area contributed by atoms with Crippen LogP contribution in [0.25, 0.3) is 0 Å². The van der Waals surface area contributed by atoms with Gasteiger partial charge in [0.15, 0.2) is 0 Å². The minimum Gasteiger partial charge on any atom is -0.479 e. The van der Waals surface area contributed by atoms with Crippen LogP contribution in [0, 0.1) is 29.6 Å². The number of halogens is 2. The highest BCUT2D eigenvalue weighted by Gasteiger charge is 2.85. The van der Waals surface area contributed by atoms with Crippen LogP contribution in [0.5, 0.6) is 0 Å². The molecule has 12 heteroatoms. The van der Waals surface area contributed by atoms with E-state index in [1.165, 1.54) is 6.92 Å². The summed E-state index contributed by atoms with van der Waals surface area (Å²) in [6.07, 6.45) is -1.24. The molecule has 0 aliphatic heterocycles. The van der Waals surface area contributed by atoms with Crippen molar-refractivity contribution in [1.82, 2.24) is 4.98 Å². The molecule has 2 unspecified atom stereocenters. The molecule has 0 aromatic carbocycles. The van der Waals surface area contributed by atoms with E-state index in [-0.39, 0.29) is 30.2 Å². The Morgan fingerprint density at radius 3 is 2.56 bits per heavy atom. The molecule has 3 aliphatic rings. The van der Waals surface area contributed by atoms with Crippen LogP contribution in [0.4, 0.5) is 9.18 Å². The quantitative estimate of drug-likeness (QED) is 0.250. The van der Waals surface area contributed by atoms with E-state index < -0.39 is 53.5 Å². The van der Waals surface area contributed by atoms with Crippen molar-refractivity contribution in [3.05, 3.63) is 29.0 Å². The first-order valence-corrected chi connectivity index (χ1v) is 13.7. The summed E-state index contributed by atoms with van der Waals surface area (Å²) in [6, 6.07) is 4.89. The molecule has 1 heterocycles. The predicted molar refractivity (Wildman–Crippen MR) is 136 cm³/mol. The maximum Gasteiger partial charge on any atom is 0.511 e. The molecule has 216 valence electrons. The van der Waals surface area contributed by atoms with Crippen molar-refractivity contribution in [3.8, 4) is 0 Å². The molecule has 10 nitrogen and oxygen atoms in total. The molecule has 3 fully saturated rings. The second-order valence-electron chi connectivity index (χ2n) is 11.4. The van der Waals surface area contributed by atoms with Crippen molar-refractivity contribution >= 4 is 29.7 Å². The van der Waals surface area contributed by atoms with Crippen molar-refractivity contribution in [2.75, 3.05) is 0 Å². The van der Waals surface area contributed by atoms with Crippen LogP contribution in [0.15, 0.2) is 18.2 Å². The lowest BCUT2D eigenvalue weighted by atomic mass is 9.75. The average Bonchev–Trinajstić information content (AvgIpc) is 3.32. The summed E-state index contributed by atoms with van der Waals surface area (Å²) in [4.78, 5) is 41.6. The largest absolute Gasteiger partial charge is 0.511 e. The molecule has 1 aromatic rings. The number of fused-ring (bicyclic) bond motifs is 1. The number of nitrogens with two attached hydrogens (primary N) is 1. The zero-order chi connectivity index (χ0) is 28.7. The van der Waals surface area contributed by atoms with Gasteiger partial charge in [-0.1, -0.05) is 44.9 Å². The molecule has 9 atom stereocenters. The Bertz CT molecular complexity index is 1110. The first kappa shape index (κ1) is 29.5. The van der Waals surface area contributed by atoms with Gasteiger partial charge in [-0.2, -0.15) is 0 Å². The third-order valence-electron chi connectivity index (χ3n) is 8.43. The van der Waals surface area contributed by atoms with E-state index in [4.69, 9.17) is 36.3 Å². The number of alkyl halides is 1. The van der Waals surface area contributed by atoms with Gasteiger partial charge in [0.1, 0.15) is 16.8 Å². The third-order valence-corrected chi connectivity index (χ3v) is 8.64. The molecular weight excluding hydrogens is 535 g/mol. The molecule has 0 spiro atoms. The molecule has 3 saturated carbocycles. The second-order valence-corrected chi connectivity index (χ2v) is 11.8. The van der Waals surface area contributed by atoms with Crippen molar-refractivity contribution in [3.63, 3.8) is 0 Å². The number of carboxylic acids is 1. The van der Waals surface area contributed by atoms with Crippen LogP contribution >= 0.6 is 11.6 Å². The summed E-state index contributed by atoms with van der Waals surface area (Å²) < 4.78 is 37.1. The third kappa shape index (κ3) is 5.71. The van der Waals surface area contributed by atoms with Gasteiger partial charge < -0.3 is 29.8 Å². The van der Waals surface area contributed by atoms with Crippen molar-refractivity contribution in [1.29, 1.82) is 0 Å². The van der Waals surface area contributed by atoms with Gasteiger partial charge >= 0.3 is 18.1 Å². The molecule has 0 amide bonds. The highest BCUT2D eigenvalue weighted by Crippen LogP contribution is 2.67. The standard InChI is InChI=1S/C27H36ClFN2O8/c1-13(2)17-9-8-14(3)10-19(17)39-25(35)38-15(4)37-24(34)27(30)20(11-18-22(27)26(18,29)23(32)33)36-12-16-6-5-7-21(28)31-16/h5-7,13-15,17-20,22H,8-12,30H2,1-4H3,(H,32,33)/t14-,15-,17?,18-,19-,20?,22+,26-,27+/m1/s1. The van der Waals surface area contributed by atoms with E-state index in [1.807, 2.05) is 0 Å². The van der Waals surface area contributed by atoms with E-state index in [9.17, 15) is 19.5 Å². The highest BCUT2D eigenvalue weighted by atomic mass is 35.5. The molecule has 4 rings (SSSR count). The maximum atomic E-state index is 15.2. The fourth-order valence-electron chi connectivity index (χ4n) is 6.33. The fraction of sp³-hybridized carbons (Fsp3) is 0.704. The average molecular weight is 571 g/mol. The van der Waals surface area contributed by atoms with Gasteiger partial charge in [-0.05, 0) is 49.1 Å². The number of esters is 1. The van der Waals surface area contributed by atoms with Crippen molar-refractivity contribution < 1.29 is 42.8 Å². The highest BCUT2D eigenvalue weighted by molar-refractivity contribution is 6.29. The number of aromatic nitrogens is 1. The van der Waals surface area contributed by atoms with Crippen molar-refractivity contribution in [2.24, 2.45) is 35.3 Å². The molecule has 1 aromatic heterocycles. The van der Waals surface area contributed by atoms with Gasteiger partial charge in [0.25, 0.3) is 0 Å². The first-order chi connectivity index (χ1) is 18.3. The first-order valence-electron chi connectivity index (χ1n) is 13.3. The van der Waals surface area contributed by atoms with Gasteiger partial charge in [0.2, 0.25) is 12.0 Å². The normalized spacial score (nSPS) is 36.1. The van der Waals surface area contributed by atoms with Gasteiger partial charge in [-0.15, -0.1) is 0 Å². The monoisotopic (exact) mass is 570 g/mol. The molecule has 0 saturated heterocycles. The molecule has 3 aliphatic carbocycles. The minimum absolute atomic E-state index is 0.0987. The van der Waals surface area contributed by atoms with E-state index in [1.54, 1.807) is 18.2 Å². The molecular formula is C27H36ClFN2O8. The zero-order valence-corrected chi connectivity index (χ0v) is 23.2. The van der Waals surface area contributed by atoms with Crippen LogP contribution in [0.3, 0.4) is 0 Å². The summed E-state index contributed by atoms with van der Waals surface area (Å²) in [5, 5.41) is 9.69. The lowest BCUT2D eigenvalue weighted by molar-refractivity contribution is -0.184. The maximum absolute atomic E-state index is 15.2. The number of rotatable bonds is 9. The number of carboxylic acid groups (broad SMARTS) is 1. The number of nitrogens with zero attached hydrogens (tertiary/aromatic N) is 1. The lowest BCUT2D eigenvalue weighted by Crippen LogP contribution is -2.61. The number of carbonyl (C=O) groups is 3. The summed E-state index contributed by atoms with van der Waals surface area (Å²) in [6.45, 7) is 7.45. The molecule has 0 radical (unpaired) electrons. The Labute approximate surface area is 231 Å². The number of hydrogen-bond donors (Lipinski definition) is 2. The van der Waals surface area contributed by atoms with E-state index in [0.29, 0.717) is 24.0 Å². The Morgan fingerprint density at radius 2 is 1.92 bits per heavy atom.